The van der Waals surface area contributed by atoms with E-state index in [1.165, 1.54) is 0 Å². The summed E-state index contributed by atoms with van der Waals surface area (Å²) in [5.41, 5.74) is 1.33. The molecule has 0 aliphatic rings. The van der Waals surface area contributed by atoms with Crippen LogP contribution in [0.15, 0.2) is 61.2 Å². The third-order valence-corrected chi connectivity index (χ3v) is 5.49. The summed E-state index contributed by atoms with van der Waals surface area (Å²) in [5, 5.41) is 11.7. The van der Waals surface area contributed by atoms with E-state index in [0.29, 0.717) is 30.4 Å². The predicted octanol–water partition coefficient (Wildman–Crippen LogP) is 4.15. The monoisotopic (exact) mass is 476 g/mol. The molecule has 0 aliphatic carbocycles. The number of aromatic nitrogens is 4. The van der Waals surface area contributed by atoms with Gasteiger partial charge in [0.15, 0.2) is 5.78 Å². The molecule has 35 heavy (non-hydrogen) atoms. The van der Waals surface area contributed by atoms with Gasteiger partial charge in [-0.2, -0.15) is 0 Å². The number of rotatable bonds is 15. The van der Waals surface area contributed by atoms with Crippen molar-refractivity contribution in [3.8, 4) is 0 Å². The maximum Gasteiger partial charge on any atom is 0.251 e. The van der Waals surface area contributed by atoms with Crippen molar-refractivity contribution in [3.63, 3.8) is 0 Å². The Morgan fingerprint density at radius 1 is 0.743 bits per heavy atom. The van der Waals surface area contributed by atoms with E-state index in [0.717, 1.165) is 50.6 Å². The van der Waals surface area contributed by atoms with Crippen molar-refractivity contribution in [1.82, 2.24) is 25.3 Å². The van der Waals surface area contributed by atoms with Gasteiger partial charge in [-0.3, -0.25) is 9.59 Å². The summed E-state index contributed by atoms with van der Waals surface area (Å²) in [7, 11) is 0. The van der Waals surface area contributed by atoms with Crippen LogP contribution in [0.5, 0.6) is 0 Å². The van der Waals surface area contributed by atoms with Gasteiger partial charge in [0.25, 0.3) is 5.91 Å². The lowest BCUT2D eigenvalue weighted by atomic mass is 10.1. The van der Waals surface area contributed by atoms with E-state index in [9.17, 15) is 9.59 Å². The molecule has 9 heteroatoms. The molecule has 0 spiro atoms. The summed E-state index contributed by atoms with van der Waals surface area (Å²) < 4.78 is 0. The van der Waals surface area contributed by atoms with Crippen LogP contribution in [-0.2, 0) is 4.79 Å². The second kappa shape index (κ2) is 14.5. The van der Waals surface area contributed by atoms with E-state index in [-0.39, 0.29) is 18.3 Å². The SMILES string of the molecule is O=C(CO)CCCCCCCCCNC(=O)c1ccc(N(c2ncccn2)c2ncccn2)cc1. The number of nitrogens with one attached hydrogen (secondary N) is 1. The Bertz CT molecular complexity index is 992. The van der Waals surface area contributed by atoms with Gasteiger partial charge >= 0.3 is 0 Å². The first-order valence-electron chi connectivity index (χ1n) is 12.0. The van der Waals surface area contributed by atoms with Crippen LogP contribution in [0, 0.1) is 0 Å². The van der Waals surface area contributed by atoms with Gasteiger partial charge in [0, 0.05) is 43.3 Å². The molecule has 2 N–H and O–H groups in total. The molecule has 3 aromatic rings. The molecule has 2 heterocycles. The molecule has 0 saturated heterocycles. The number of carbonyl (C=O) groups excluding carboxylic acids is 2. The van der Waals surface area contributed by atoms with Crippen LogP contribution < -0.4 is 10.2 Å². The highest BCUT2D eigenvalue weighted by Gasteiger charge is 2.17. The number of benzene rings is 1. The number of ketones is 1. The first kappa shape index (κ1) is 25.9. The summed E-state index contributed by atoms with van der Waals surface area (Å²) in [6.07, 6.45) is 14.3. The molecule has 0 aliphatic heterocycles. The Kier molecular flexibility index (Phi) is 10.7. The molecule has 0 bridgehead atoms. The number of carbonyl (C=O) groups is 2. The second-order valence-corrected chi connectivity index (χ2v) is 8.16. The minimum absolute atomic E-state index is 0.0804. The third-order valence-electron chi connectivity index (χ3n) is 5.49. The molecule has 1 aromatic carbocycles. The number of aliphatic hydroxyl groups is 1. The molecule has 0 saturated carbocycles. The van der Waals surface area contributed by atoms with Crippen molar-refractivity contribution in [1.29, 1.82) is 0 Å². The maximum atomic E-state index is 12.5. The molecule has 184 valence electrons. The lowest BCUT2D eigenvalue weighted by Crippen LogP contribution is -2.24. The summed E-state index contributed by atoms with van der Waals surface area (Å²) in [6.45, 7) is 0.285. The topological polar surface area (TPSA) is 121 Å². The number of Topliss-reactive ketones (excluding diaryl/α,β-unsaturated/α-hetero) is 1. The lowest BCUT2D eigenvalue weighted by molar-refractivity contribution is -0.121. The van der Waals surface area contributed by atoms with Crippen molar-refractivity contribution in [2.45, 2.75) is 51.4 Å². The van der Waals surface area contributed by atoms with Gasteiger partial charge in [-0.05, 0) is 49.2 Å². The van der Waals surface area contributed by atoms with Crippen LogP contribution in [0.3, 0.4) is 0 Å². The molecule has 0 radical (unpaired) electrons. The van der Waals surface area contributed by atoms with E-state index < -0.39 is 0 Å². The van der Waals surface area contributed by atoms with Crippen LogP contribution in [0.4, 0.5) is 17.6 Å². The van der Waals surface area contributed by atoms with Gasteiger partial charge in [0.05, 0.1) is 5.69 Å². The average molecular weight is 477 g/mol. The molecular weight excluding hydrogens is 444 g/mol. The van der Waals surface area contributed by atoms with E-state index >= 15 is 0 Å². The molecule has 0 fully saturated rings. The largest absolute Gasteiger partial charge is 0.389 e. The van der Waals surface area contributed by atoms with Crippen LogP contribution in [-0.4, -0.2) is 49.9 Å². The summed E-state index contributed by atoms with van der Waals surface area (Å²) >= 11 is 0. The number of aliphatic hydroxyl groups excluding tert-OH is 1. The fraction of sp³-hybridized carbons (Fsp3) is 0.385. The van der Waals surface area contributed by atoms with Gasteiger partial charge in [0.1, 0.15) is 6.61 Å². The van der Waals surface area contributed by atoms with E-state index in [1.807, 2.05) is 12.1 Å². The summed E-state index contributed by atoms with van der Waals surface area (Å²) in [5.74, 6) is 0.691. The van der Waals surface area contributed by atoms with Gasteiger partial charge in [-0.1, -0.05) is 32.1 Å². The van der Waals surface area contributed by atoms with Crippen LogP contribution in [0.1, 0.15) is 61.7 Å². The molecule has 2 aromatic heterocycles. The Morgan fingerprint density at radius 2 is 1.26 bits per heavy atom. The summed E-state index contributed by atoms with van der Waals surface area (Å²) in [4.78, 5) is 42.6. The molecular formula is C26H32N6O3. The van der Waals surface area contributed by atoms with E-state index in [2.05, 4.69) is 25.3 Å². The molecule has 1 amide bonds. The quantitative estimate of drug-likeness (QED) is 0.314. The molecule has 9 nitrogen and oxygen atoms in total. The van der Waals surface area contributed by atoms with E-state index in [1.54, 1.807) is 54.0 Å². The Morgan fingerprint density at radius 3 is 1.80 bits per heavy atom. The van der Waals surface area contributed by atoms with Crippen molar-refractivity contribution < 1.29 is 14.7 Å². The van der Waals surface area contributed by atoms with Crippen LogP contribution >= 0.6 is 0 Å². The zero-order valence-corrected chi connectivity index (χ0v) is 19.8. The zero-order valence-electron chi connectivity index (χ0n) is 19.8. The number of nitrogens with zero attached hydrogens (tertiary/aromatic N) is 5. The maximum absolute atomic E-state index is 12.5. The Labute approximate surface area is 205 Å². The van der Waals surface area contributed by atoms with Crippen LogP contribution in [0.25, 0.3) is 0 Å². The van der Waals surface area contributed by atoms with Crippen LogP contribution in [0.2, 0.25) is 0 Å². The average Bonchev–Trinajstić information content (AvgIpc) is 2.91. The highest BCUT2D eigenvalue weighted by atomic mass is 16.3. The zero-order chi connectivity index (χ0) is 24.7. The number of hydrogen-bond acceptors (Lipinski definition) is 8. The number of hydrogen-bond donors (Lipinski definition) is 2. The van der Waals surface area contributed by atoms with E-state index in [4.69, 9.17) is 5.11 Å². The molecule has 3 rings (SSSR count). The predicted molar refractivity (Wildman–Crippen MR) is 134 cm³/mol. The van der Waals surface area contributed by atoms with Crippen molar-refractivity contribution >= 4 is 29.3 Å². The third kappa shape index (κ3) is 8.53. The minimum atomic E-state index is -0.348. The normalized spacial score (nSPS) is 10.7. The second-order valence-electron chi connectivity index (χ2n) is 8.16. The fourth-order valence-electron chi connectivity index (χ4n) is 3.61. The van der Waals surface area contributed by atoms with Gasteiger partial charge in [0.2, 0.25) is 11.9 Å². The Hall–Kier alpha value is -3.72. The Balaban J connectivity index is 1.43. The first-order chi connectivity index (χ1) is 17.2. The highest BCUT2D eigenvalue weighted by molar-refractivity contribution is 5.94. The van der Waals surface area contributed by atoms with Crippen molar-refractivity contribution in [2.24, 2.45) is 0 Å². The highest BCUT2D eigenvalue weighted by Crippen LogP contribution is 2.28. The standard InChI is InChI=1S/C26H32N6O3/c33-20-23(34)10-6-4-2-1-3-5-7-15-27-24(35)21-11-13-22(14-12-21)32(25-28-16-8-17-29-25)26-30-18-9-19-31-26/h8-9,11-14,16-19,33H,1-7,10,15,20H2,(H,27,35). The van der Waals surface area contributed by atoms with Gasteiger partial charge in [-0.25, -0.2) is 24.8 Å². The van der Waals surface area contributed by atoms with Crippen molar-refractivity contribution in [3.05, 3.63) is 66.7 Å². The number of anilines is 3. The minimum Gasteiger partial charge on any atom is -0.389 e. The summed E-state index contributed by atoms with van der Waals surface area (Å²) in [6, 6.07) is 10.7. The molecule has 0 unspecified atom stereocenters. The lowest BCUT2D eigenvalue weighted by Gasteiger charge is -2.20. The molecule has 0 atom stereocenters. The first-order valence-corrected chi connectivity index (χ1v) is 12.0. The van der Waals surface area contributed by atoms with Gasteiger partial charge < -0.3 is 10.4 Å². The number of amides is 1. The van der Waals surface area contributed by atoms with Gasteiger partial charge in [-0.15, -0.1) is 0 Å². The fourth-order valence-corrected chi connectivity index (χ4v) is 3.61. The number of unbranched alkanes of at least 4 members (excludes halogenated alkanes) is 6. The van der Waals surface area contributed by atoms with Crippen molar-refractivity contribution in [2.75, 3.05) is 18.1 Å². The smallest absolute Gasteiger partial charge is 0.251 e.